The predicted molar refractivity (Wildman–Crippen MR) is 69.0 cm³/mol. The van der Waals surface area contributed by atoms with Gasteiger partial charge in [-0.05, 0) is 6.42 Å². The summed E-state index contributed by atoms with van der Waals surface area (Å²) in [6.45, 7) is 6.40. The molecule has 0 aliphatic carbocycles. The predicted octanol–water partition coefficient (Wildman–Crippen LogP) is 1.97. The third kappa shape index (κ3) is 6.10. The molecule has 6 heteroatoms. The van der Waals surface area contributed by atoms with Crippen molar-refractivity contribution >= 4 is 0 Å². The van der Waals surface area contributed by atoms with Gasteiger partial charge >= 0.3 is 6.18 Å². The maximum Gasteiger partial charge on any atom is 0.401 e. The molecule has 1 aliphatic heterocycles. The van der Waals surface area contributed by atoms with Gasteiger partial charge in [-0.25, -0.2) is 0 Å². The van der Waals surface area contributed by atoms with Crippen molar-refractivity contribution in [3.8, 4) is 0 Å². The van der Waals surface area contributed by atoms with Crippen LogP contribution >= 0.6 is 0 Å². The summed E-state index contributed by atoms with van der Waals surface area (Å²) in [5.74, 6) is 0. The molecule has 0 aromatic carbocycles. The topological polar surface area (TPSA) is 26.7 Å². The molecule has 1 N–H and O–H groups in total. The number of aliphatic hydroxyl groups is 1. The molecule has 0 radical (unpaired) electrons. The minimum absolute atomic E-state index is 0.129. The highest BCUT2D eigenvalue weighted by Gasteiger charge is 2.33. The molecule has 0 saturated carbocycles. The van der Waals surface area contributed by atoms with Gasteiger partial charge in [0.05, 0.1) is 6.54 Å². The summed E-state index contributed by atoms with van der Waals surface area (Å²) in [5, 5.41) is 9.47. The minimum atomic E-state index is -4.11. The second-order valence-electron chi connectivity index (χ2n) is 5.89. The quantitative estimate of drug-likeness (QED) is 0.807. The first-order valence-corrected chi connectivity index (χ1v) is 6.90. The molecule has 3 nitrogen and oxygen atoms in total. The first-order chi connectivity index (χ1) is 8.78. The van der Waals surface area contributed by atoms with Crippen molar-refractivity contribution in [1.29, 1.82) is 0 Å². The number of hydrogen-bond acceptors (Lipinski definition) is 3. The lowest BCUT2D eigenvalue weighted by atomic mass is 9.86. The van der Waals surface area contributed by atoms with Crippen LogP contribution in [0, 0.1) is 5.41 Å². The van der Waals surface area contributed by atoms with Crippen molar-refractivity contribution in [3.05, 3.63) is 0 Å². The molecule has 1 heterocycles. The standard InChI is InChI=1S/C13H25F3N2O/c1-3-4-12(2,11-19)9-17-5-7-18(8-6-17)10-13(14,15)16/h19H,3-11H2,1-2H3. The SMILES string of the molecule is CCCC(C)(CO)CN1CCN(CC(F)(F)F)CC1. The molecular weight excluding hydrogens is 257 g/mol. The summed E-state index contributed by atoms with van der Waals surface area (Å²) in [5.41, 5.74) is -0.138. The Labute approximate surface area is 113 Å². The molecule has 0 aromatic heterocycles. The van der Waals surface area contributed by atoms with Gasteiger partial charge in [0.15, 0.2) is 0 Å². The lowest BCUT2D eigenvalue weighted by molar-refractivity contribution is -0.149. The Bertz CT molecular complexity index is 265. The van der Waals surface area contributed by atoms with Crippen LogP contribution in [-0.2, 0) is 0 Å². The van der Waals surface area contributed by atoms with E-state index in [2.05, 4.69) is 11.8 Å². The van der Waals surface area contributed by atoms with E-state index in [4.69, 9.17) is 0 Å². The van der Waals surface area contributed by atoms with Crippen molar-refractivity contribution in [1.82, 2.24) is 9.80 Å². The molecule has 0 bridgehead atoms. The van der Waals surface area contributed by atoms with Crippen molar-refractivity contribution < 1.29 is 18.3 Å². The van der Waals surface area contributed by atoms with Crippen molar-refractivity contribution in [3.63, 3.8) is 0 Å². The van der Waals surface area contributed by atoms with Gasteiger partial charge in [-0.2, -0.15) is 13.2 Å². The van der Waals surface area contributed by atoms with Crippen LogP contribution in [0.4, 0.5) is 13.2 Å². The van der Waals surface area contributed by atoms with E-state index in [1.54, 1.807) is 0 Å². The highest BCUT2D eigenvalue weighted by atomic mass is 19.4. The first-order valence-electron chi connectivity index (χ1n) is 6.90. The van der Waals surface area contributed by atoms with E-state index < -0.39 is 12.7 Å². The Hall–Kier alpha value is -0.330. The normalized spacial score (nSPS) is 22.4. The zero-order valence-corrected chi connectivity index (χ0v) is 11.8. The lowest BCUT2D eigenvalue weighted by Gasteiger charge is -2.39. The van der Waals surface area contributed by atoms with Crippen molar-refractivity contribution in [2.75, 3.05) is 45.9 Å². The van der Waals surface area contributed by atoms with E-state index in [-0.39, 0.29) is 12.0 Å². The third-order valence-electron chi connectivity index (χ3n) is 3.71. The average Bonchev–Trinajstić information content (AvgIpc) is 2.30. The van der Waals surface area contributed by atoms with Gasteiger partial charge in [-0.15, -0.1) is 0 Å². The average molecular weight is 282 g/mol. The maximum absolute atomic E-state index is 12.3. The van der Waals surface area contributed by atoms with Crippen LogP contribution < -0.4 is 0 Å². The zero-order chi connectivity index (χ0) is 14.5. The fraction of sp³-hybridized carbons (Fsp3) is 1.00. The minimum Gasteiger partial charge on any atom is -0.396 e. The van der Waals surface area contributed by atoms with Crippen molar-refractivity contribution in [2.45, 2.75) is 32.9 Å². The molecule has 0 amide bonds. The van der Waals surface area contributed by atoms with E-state index in [1.807, 2.05) is 6.92 Å². The maximum atomic E-state index is 12.3. The summed E-state index contributed by atoms with van der Waals surface area (Å²) in [6.07, 6.45) is -2.17. The Morgan fingerprint density at radius 2 is 1.47 bits per heavy atom. The molecule has 1 rings (SSSR count). The van der Waals surface area contributed by atoms with Gasteiger partial charge in [-0.3, -0.25) is 4.90 Å². The summed E-state index contributed by atoms with van der Waals surface area (Å²) < 4.78 is 36.8. The second-order valence-corrected chi connectivity index (χ2v) is 5.89. The molecule has 1 aliphatic rings. The number of alkyl halides is 3. The number of halogens is 3. The zero-order valence-electron chi connectivity index (χ0n) is 11.8. The highest BCUT2D eigenvalue weighted by Crippen LogP contribution is 2.25. The first kappa shape index (κ1) is 16.7. The molecular formula is C13H25F3N2O. The number of hydrogen-bond donors (Lipinski definition) is 1. The van der Waals surface area contributed by atoms with E-state index in [9.17, 15) is 18.3 Å². The van der Waals surface area contributed by atoms with E-state index in [0.29, 0.717) is 26.2 Å². The van der Waals surface area contributed by atoms with E-state index in [1.165, 1.54) is 4.90 Å². The highest BCUT2D eigenvalue weighted by molar-refractivity contribution is 4.81. The van der Waals surface area contributed by atoms with Crippen LogP contribution in [-0.4, -0.2) is 67.0 Å². The summed E-state index contributed by atoms with van der Waals surface area (Å²) in [4.78, 5) is 3.62. The van der Waals surface area contributed by atoms with Gasteiger partial charge in [0, 0.05) is 44.7 Å². The summed E-state index contributed by atoms with van der Waals surface area (Å²) >= 11 is 0. The Morgan fingerprint density at radius 1 is 1.00 bits per heavy atom. The number of aliphatic hydroxyl groups excluding tert-OH is 1. The van der Waals surface area contributed by atoms with Gasteiger partial charge in [0.1, 0.15) is 0 Å². The molecule has 1 atom stereocenters. The number of nitrogens with zero attached hydrogens (tertiary/aromatic N) is 2. The monoisotopic (exact) mass is 282 g/mol. The summed E-state index contributed by atoms with van der Waals surface area (Å²) in [6, 6.07) is 0. The van der Waals surface area contributed by atoms with Crippen LogP contribution in [0.25, 0.3) is 0 Å². The molecule has 0 aromatic rings. The van der Waals surface area contributed by atoms with Crippen LogP contribution in [0.3, 0.4) is 0 Å². The van der Waals surface area contributed by atoms with Crippen LogP contribution in [0.5, 0.6) is 0 Å². The Balaban J connectivity index is 2.37. The van der Waals surface area contributed by atoms with Crippen LogP contribution in [0.15, 0.2) is 0 Å². The van der Waals surface area contributed by atoms with E-state index in [0.717, 1.165) is 19.4 Å². The molecule has 19 heavy (non-hydrogen) atoms. The summed E-state index contributed by atoms with van der Waals surface area (Å²) in [7, 11) is 0. The Morgan fingerprint density at radius 3 is 1.84 bits per heavy atom. The smallest absolute Gasteiger partial charge is 0.396 e. The number of rotatable bonds is 6. The van der Waals surface area contributed by atoms with E-state index >= 15 is 0 Å². The fourth-order valence-corrected chi connectivity index (χ4v) is 2.71. The lowest BCUT2D eigenvalue weighted by Crippen LogP contribution is -2.51. The third-order valence-corrected chi connectivity index (χ3v) is 3.71. The van der Waals surface area contributed by atoms with Crippen LogP contribution in [0.2, 0.25) is 0 Å². The van der Waals surface area contributed by atoms with Crippen molar-refractivity contribution in [2.24, 2.45) is 5.41 Å². The largest absolute Gasteiger partial charge is 0.401 e. The molecule has 0 spiro atoms. The van der Waals surface area contributed by atoms with Gasteiger partial charge < -0.3 is 10.0 Å². The molecule has 1 unspecified atom stereocenters. The van der Waals surface area contributed by atoms with Gasteiger partial charge in [0.2, 0.25) is 0 Å². The Kier molecular flexibility index (Phi) is 6.08. The van der Waals surface area contributed by atoms with Gasteiger partial charge in [-0.1, -0.05) is 20.3 Å². The molecule has 1 fully saturated rings. The fourth-order valence-electron chi connectivity index (χ4n) is 2.71. The molecule has 114 valence electrons. The van der Waals surface area contributed by atoms with Crippen LogP contribution in [0.1, 0.15) is 26.7 Å². The van der Waals surface area contributed by atoms with Gasteiger partial charge in [0.25, 0.3) is 0 Å². The molecule has 1 saturated heterocycles. The number of piperazine rings is 1. The second kappa shape index (κ2) is 6.90.